The maximum atomic E-state index is 12.4. The molecule has 2 N–H and O–H groups in total. The van der Waals surface area contributed by atoms with Crippen LogP contribution >= 0.6 is 0 Å². The molecular formula is C19H16N4O. The molecule has 0 radical (unpaired) electrons. The van der Waals surface area contributed by atoms with Crippen LogP contribution in [0.4, 0.5) is 0 Å². The highest BCUT2D eigenvalue weighted by Gasteiger charge is 2.12. The molecule has 1 amide bonds. The minimum Gasteiger partial charge on any atom is -0.361 e. The number of rotatable bonds is 3. The highest BCUT2D eigenvalue weighted by molar-refractivity contribution is 6.01. The number of nitrogens with one attached hydrogen (secondary N) is 2. The minimum absolute atomic E-state index is 0.232. The number of benzene rings is 2. The van der Waals surface area contributed by atoms with Crippen molar-refractivity contribution in [1.82, 2.24) is 15.0 Å². The highest BCUT2D eigenvalue weighted by Crippen LogP contribution is 2.18. The first kappa shape index (κ1) is 14.3. The molecule has 4 aromatic rings. The molecule has 5 heteroatoms. The van der Waals surface area contributed by atoms with Gasteiger partial charge in [0.25, 0.3) is 5.91 Å². The number of hydrogen-bond donors (Lipinski definition) is 2. The lowest BCUT2D eigenvalue weighted by atomic mass is 10.2. The third-order valence-corrected chi connectivity index (χ3v) is 4.18. The molecule has 0 atom stereocenters. The molecule has 118 valence electrons. The van der Waals surface area contributed by atoms with Crippen molar-refractivity contribution in [3.8, 4) is 0 Å². The van der Waals surface area contributed by atoms with Gasteiger partial charge >= 0.3 is 0 Å². The fraction of sp³-hybridized carbons (Fsp3) is 0.0526. The van der Waals surface area contributed by atoms with E-state index in [1.807, 2.05) is 72.4 Å². The summed E-state index contributed by atoms with van der Waals surface area (Å²) in [5.41, 5.74) is 6.17. The lowest BCUT2D eigenvalue weighted by Crippen LogP contribution is -2.20. The third kappa shape index (κ3) is 2.36. The molecule has 2 heterocycles. The van der Waals surface area contributed by atoms with E-state index in [1.165, 1.54) is 0 Å². The van der Waals surface area contributed by atoms with Crippen molar-refractivity contribution in [2.45, 2.75) is 0 Å². The Labute approximate surface area is 138 Å². The molecule has 0 aliphatic heterocycles. The van der Waals surface area contributed by atoms with E-state index in [0.717, 1.165) is 27.4 Å². The van der Waals surface area contributed by atoms with E-state index >= 15 is 0 Å². The van der Waals surface area contributed by atoms with Crippen LogP contribution < -0.4 is 5.43 Å². The van der Waals surface area contributed by atoms with Crippen LogP contribution in [0.25, 0.3) is 21.8 Å². The van der Waals surface area contributed by atoms with Gasteiger partial charge in [0, 0.05) is 40.6 Å². The predicted molar refractivity (Wildman–Crippen MR) is 96.3 cm³/mol. The summed E-state index contributed by atoms with van der Waals surface area (Å²) < 4.78 is 1.87. The molecule has 0 fully saturated rings. The van der Waals surface area contributed by atoms with Crippen molar-refractivity contribution in [2.75, 3.05) is 0 Å². The second-order valence-electron chi connectivity index (χ2n) is 5.64. The number of aromatic amines is 1. The van der Waals surface area contributed by atoms with Crippen molar-refractivity contribution in [2.24, 2.45) is 12.1 Å². The molecule has 0 aliphatic rings. The second kappa shape index (κ2) is 5.70. The summed E-state index contributed by atoms with van der Waals surface area (Å²) in [6, 6.07) is 17.7. The number of carbonyl (C=O) groups excluding carboxylic acids is 1. The summed E-state index contributed by atoms with van der Waals surface area (Å²) in [6.45, 7) is 0. The van der Waals surface area contributed by atoms with Gasteiger partial charge in [-0.3, -0.25) is 4.79 Å². The number of hydrogen-bond acceptors (Lipinski definition) is 2. The SMILES string of the molecule is Cn1c(C(=O)N/N=C/c2c[nH]c3ccccc23)cc2ccccc21. The van der Waals surface area contributed by atoms with E-state index in [9.17, 15) is 4.79 Å². The van der Waals surface area contributed by atoms with Crippen molar-refractivity contribution < 1.29 is 4.79 Å². The summed E-state index contributed by atoms with van der Waals surface area (Å²) in [6.07, 6.45) is 3.52. The number of nitrogens with zero attached hydrogens (tertiary/aromatic N) is 2. The van der Waals surface area contributed by atoms with Gasteiger partial charge < -0.3 is 9.55 Å². The number of H-pyrrole nitrogens is 1. The van der Waals surface area contributed by atoms with Gasteiger partial charge in [0.15, 0.2) is 0 Å². The third-order valence-electron chi connectivity index (χ3n) is 4.18. The Bertz CT molecular complexity index is 1070. The van der Waals surface area contributed by atoms with Crippen molar-refractivity contribution in [3.05, 3.63) is 72.1 Å². The van der Waals surface area contributed by atoms with Crippen LogP contribution in [0.5, 0.6) is 0 Å². The number of carbonyl (C=O) groups is 1. The lowest BCUT2D eigenvalue weighted by Gasteiger charge is -2.02. The molecule has 0 saturated carbocycles. The van der Waals surface area contributed by atoms with Gasteiger partial charge in [0.05, 0.1) is 6.21 Å². The zero-order chi connectivity index (χ0) is 16.5. The number of fused-ring (bicyclic) bond motifs is 2. The van der Waals surface area contributed by atoms with Crippen molar-refractivity contribution in [1.29, 1.82) is 0 Å². The summed E-state index contributed by atoms with van der Waals surface area (Å²) in [7, 11) is 1.88. The average Bonchev–Trinajstić information content (AvgIpc) is 3.17. The topological polar surface area (TPSA) is 62.2 Å². The molecule has 24 heavy (non-hydrogen) atoms. The van der Waals surface area contributed by atoms with Gasteiger partial charge in [0.1, 0.15) is 5.69 Å². The normalized spacial score (nSPS) is 11.5. The van der Waals surface area contributed by atoms with Crippen LogP contribution in [0.1, 0.15) is 16.1 Å². The van der Waals surface area contributed by atoms with E-state index in [1.54, 1.807) is 6.21 Å². The Balaban J connectivity index is 1.56. The van der Waals surface area contributed by atoms with Gasteiger partial charge in [-0.1, -0.05) is 36.4 Å². The zero-order valence-electron chi connectivity index (χ0n) is 13.2. The van der Waals surface area contributed by atoms with E-state index in [0.29, 0.717) is 5.69 Å². The maximum Gasteiger partial charge on any atom is 0.287 e. The first-order valence-electron chi connectivity index (χ1n) is 7.68. The Kier molecular flexibility index (Phi) is 3.39. The van der Waals surface area contributed by atoms with E-state index in [2.05, 4.69) is 15.5 Å². The van der Waals surface area contributed by atoms with Crippen LogP contribution in [0.15, 0.2) is 65.9 Å². The molecule has 5 nitrogen and oxygen atoms in total. The van der Waals surface area contributed by atoms with Crippen LogP contribution in [0, 0.1) is 0 Å². The Morgan fingerprint density at radius 2 is 1.96 bits per heavy atom. The van der Waals surface area contributed by atoms with Gasteiger partial charge in [-0.25, -0.2) is 5.43 Å². The Morgan fingerprint density at radius 1 is 1.17 bits per heavy atom. The molecule has 0 aliphatic carbocycles. The lowest BCUT2D eigenvalue weighted by molar-refractivity contribution is 0.0947. The quantitative estimate of drug-likeness (QED) is 0.441. The predicted octanol–water partition coefficient (Wildman–Crippen LogP) is 3.42. The summed E-state index contributed by atoms with van der Waals surface area (Å²) >= 11 is 0. The van der Waals surface area contributed by atoms with Gasteiger partial charge in [-0.15, -0.1) is 0 Å². The fourth-order valence-corrected chi connectivity index (χ4v) is 2.93. The highest BCUT2D eigenvalue weighted by atomic mass is 16.2. The molecule has 0 unspecified atom stereocenters. The van der Waals surface area contributed by atoms with Crippen LogP contribution in [0.2, 0.25) is 0 Å². The fourth-order valence-electron chi connectivity index (χ4n) is 2.93. The molecule has 0 saturated heterocycles. The van der Waals surface area contributed by atoms with Crippen LogP contribution in [0.3, 0.4) is 0 Å². The largest absolute Gasteiger partial charge is 0.361 e. The number of para-hydroxylation sites is 2. The Hall–Kier alpha value is -3.34. The summed E-state index contributed by atoms with van der Waals surface area (Å²) in [5.74, 6) is -0.232. The molecule has 2 aromatic carbocycles. The molecule has 4 rings (SSSR count). The zero-order valence-corrected chi connectivity index (χ0v) is 13.2. The maximum absolute atomic E-state index is 12.4. The Morgan fingerprint density at radius 3 is 2.83 bits per heavy atom. The molecule has 0 spiro atoms. The van der Waals surface area contributed by atoms with Gasteiger partial charge in [-0.05, 0) is 18.2 Å². The van der Waals surface area contributed by atoms with E-state index in [4.69, 9.17) is 0 Å². The molecule has 2 aromatic heterocycles. The van der Waals surface area contributed by atoms with E-state index in [-0.39, 0.29) is 5.91 Å². The summed E-state index contributed by atoms with van der Waals surface area (Å²) in [4.78, 5) is 15.6. The van der Waals surface area contributed by atoms with Gasteiger partial charge in [0.2, 0.25) is 0 Å². The minimum atomic E-state index is -0.232. The number of amides is 1. The van der Waals surface area contributed by atoms with Crippen LogP contribution in [-0.4, -0.2) is 21.7 Å². The average molecular weight is 316 g/mol. The number of aromatic nitrogens is 2. The smallest absolute Gasteiger partial charge is 0.287 e. The number of hydrazone groups is 1. The number of aryl methyl sites for hydroxylation is 1. The molecular weight excluding hydrogens is 300 g/mol. The monoisotopic (exact) mass is 316 g/mol. The standard InChI is InChI=1S/C19H16N4O/c1-23-17-9-5-2-6-13(17)10-18(23)19(24)22-21-12-14-11-20-16-8-4-3-7-15(14)16/h2-12,20H,1H3,(H,22,24)/b21-12+. The van der Waals surface area contributed by atoms with Crippen molar-refractivity contribution in [3.63, 3.8) is 0 Å². The van der Waals surface area contributed by atoms with Crippen molar-refractivity contribution >= 4 is 33.9 Å². The second-order valence-corrected chi connectivity index (χ2v) is 5.64. The van der Waals surface area contributed by atoms with Crippen LogP contribution in [-0.2, 0) is 7.05 Å². The first-order valence-corrected chi connectivity index (χ1v) is 7.68. The van der Waals surface area contributed by atoms with E-state index < -0.39 is 0 Å². The summed E-state index contributed by atoms with van der Waals surface area (Å²) in [5, 5.41) is 6.20. The molecule has 0 bridgehead atoms. The van der Waals surface area contributed by atoms with Gasteiger partial charge in [-0.2, -0.15) is 5.10 Å². The first-order chi connectivity index (χ1) is 11.7.